The summed E-state index contributed by atoms with van der Waals surface area (Å²) in [5.41, 5.74) is -0.406. The fraction of sp³-hybridized carbons (Fsp3) is 0.765. The maximum atomic E-state index is 12.2. The molecule has 3 heterocycles. The Kier molecular flexibility index (Phi) is 8.18. The highest BCUT2D eigenvalue weighted by atomic mass is 31.2. The molecular weight excluding hydrogens is 389 g/mol. The van der Waals surface area contributed by atoms with Crippen molar-refractivity contribution < 1.29 is 23.2 Å². The molecule has 2 aliphatic rings. The van der Waals surface area contributed by atoms with Gasteiger partial charge in [-0.05, 0) is 12.8 Å². The van der Waals surface area contributed by atoms with Crippen LogP contribution in [0.4, 0.5) is 0 Å². The van der Waals surface area contributed by atoms with Crippen molar-refractivity contribution in [1.29, 1.82) is 0 Å². The molecule has 3 rings (SSSR count). The third-order valence-electron chi connectivity index (χ3n) is 5.00. The van der Waals surface area contributed by atoms with E-state index < -0.39 is 31.9 Å². The number of hydrogen-bond acceptors (Lipinski definition) is 7. The van der Waals surface area contributed by atoms with Crippen LogP contribution in [-0.2, 0) is 24.8 Å². The number of aromatic amines is 1. The number of aromatic nitrogens is 2. The van der Waals surface area contributed by atoms with Crippen LogP contribution >= 0.6 is 7.82 Å². The Hall–Kier alpha value is -1.29. The van der Waals surface area contributed by atoms with Crippen molar-refractivity contribution in [2.45, 2.75) is 76.7 Å². The molecule has 1 unspecified atom stereocenters. The number of nitrogens with zero attached hydrogens (tertiary/aromatic N) is 1. The van der Waals surface area contributed by atoms with Crippen molar-refractivity contribution in [3.63, 3.8) is 0 Å². The lowest BCUT2D eigenvalue weighted by Gasteiger charge is -2.26. The van der Waals surface area contributed by atoms with Gasteiger partial charge in [0, 0.05) is 18.2 Å². The molecule has 0 saturated carbocycles. The van der Waals surface area contributed by atoms with E-state index in [4.69, 9.17) is 13.8 Å². The van der Waals surface area contributed by atoms with Crippen LogP contribution in [0.5, 0.6) is 0 Å². The molecule has 1 aromatic heterocycles. The van der Waals surface area contributed by atoms with E-state index in [2.05, 4.69) is 11.9 Å². The summed E-state index contributed by atoms with van der Waals surface area (Å²) in [5, 5.41) is 0. The standard InChI is InChI=1S/C17H27N2O7P.H3N/c1-2-3-4-5-6-7-8-12-10-19(17(21)18-16(12)20)15-9-13-14(25-15)11-24-27(22,23)26-13;/h10,13-15H,2-9,11H2,1H3,(H,22,23)(H,18,20,21);1H3/t13-,14+,15+;/m0./s1. The number of phosphoric ester groups is 1. The normalized spacial score (nSPS) is 29.3. The Bertz CT molecular complexity index is 809. The summed E-state index contributed by atoms with van der Waals surface area (Å²) in [6.45, 7) is 2.10. The summed E-state index contributed by atoms with van der Waals surface area (Å²) in [5.74, 6) is 0. The lowest BCUT2D eigenvalue weighted by atomic mass is 10.1. The van der Waals surface area contributed by atoms with E-state index in [9.17, 15) is 19.0 Å². The van der Waals surface area contributed by atoms with Crippen molar-refractivity contribution in [2.75, 3.05) is 6.61 Å². The Balaban J connectivity index is 0.00000280. The number of fused-ring (bicyclic) bond motifs is 1. The number of rotatable bonds is 8. The van der Waals surface area contributed by atoms with Gasteiger partial charge in [-0.3, -0.25) is 23.4 Å². The van der Waals surface area contributed by atoms with Gasteiger partial charge in [-0.15, -0.1) is 0 Å². The van der Waals surface area contributed by atoms with Gasteiger partial charge in [-0.25, -0.2) is 9.36 Å². The van der Waals surface area contributed by atoms with Gasteiger partial charge in [-0.2, -0.15) is 0 Å². The summed E-state index contributed by atoms with van der Waals surface area (Å²) in [7, 11) is -4.06. The predicted octanol–water partition coefficient (Wildman–Crippen LogP) is 2.40. The maximum Gasteiger partial charge on any atom is 0.472 e. The van der Waals surface area contributed by atoms with Crippen LogP contribution in [0.3, 0.4) is 0 Å². The first-order valence-electron chi connectivity index (χ1n) is 9.55. The van der Waals surface area contributed by atoms with Crippen LogP contribution in [0.25, 0.3) is 0 Å². The second kappa shape index (κ2) is 9.96. The number of phosphoric acid groups is 1. The van der Waals surface area contributed by atoms with Crippen molar-refractivity contribution in [1.82, 2.24) is 15.7 Å². The molecule has 0 aromatic carbocycles. The van der Waals surface area contributed by atoms with Gasteiger partial charge < -0.3 is 15.8 Å². The van der Waals surface area contributed by atoms with Crippen LogP contribution in [-0.4, -0.2) is 33.3 Å². The fourth-order valence-electron chi connectivity index (χ4n) is 3.52. The first-order valence-corrected chi connectivity index (χ1v) is 11.0. The highest BCUT2D eigenvalue weighted by Crippen LogP contribution is 2.52. The fourth-order valence-corrected chi connectivity index (χ4v) is 4.48. The third-order valence-corrected chi connectivity index (χ3v) is 6.02. The minimum atomic E-state index is -4.06. The number of hydrogen-bond donors (Lipinski definition) is 3. The molecule has 1 aromatic rings. The lowest BCUT2D eigenvalue weighted by molar-refractivity contribution is -0.0680. The van der Waals surface area contributed by atoms with E-state index in [0.717, 1.165) is 19.3 Å². The van der Waals surface area contributed by atoms with Crippen LogP contribution in [0.1, 0.15) is 63.7 Å². The summed E-state index contributed by atoms with van der Waals surface area (Å²) in [6, 6.07) is 0. The molecule has 2 fully saturated rings. The molecule has 28 heavy (non-hydrogen) atoms. The van der Waals surface area contributed by atoms with Crippen LogP contribution in [0.2, 0.25) is 0 Å². The van der Waals surface area contributed by atoms with Crippen molar-refractivity contribution in [3.05, 3.63) is 32.6 Å². The zero-order chi connectivity index (χ0) is 19.4. The van der Waals surface area contributed by atoms with E-state index in [1.165, 1.54) is 30.0 Å². The molecule has 0 amide bonds. The largest absolute Gasteiger partial charge is 0.472 e. The van der Waals surface area contributed by atoms with Gasteiger partial charge in [0.15, 0.2) is 0 Å². The van der Waals surface area contributed by atoms with E-state index >= 15 is 0 Å². The van der Waals surface area contributed by atoms with Gasteiger partial charge in [-0.1, -0.05) is 39.0 Å². The van der Waals surface area contributed by atoms with E-state index in [0.29, 0.717) is 12.0 Å². The summed E-state index contributed by atoms with van der Waals surface area (Å²) < 4.78 is 28.4. The minimum absolute atomic E-state index is 0. The number of ether oxygens (including phenoxy) is 1. The van der Waals surface area contributed by atoms with Crippen LogP contribution < -0.4 is 17.4 Å². The highest BCUT2D eigenvalue weighted by molar-refractivity contribution is 7.47. The monoisotopic (exact) mass is 419 g/mol. The number of H-pyrrole nitrogens is 1. The summed E-state index contributed by atoms with van der Waals surface area (Å²) in [6.07, 6.45) is 7.21. The zero-order valence-electron chi connectivity index (χ0n) is 16.2. The lowest BCUT2D eigenvalue weighted by Crippen LogP contribution is -2.34. The first-order chi connectivity index (χ1) is 12.9. The Labute approximate surface area is 163 Å². The Morgan fingerprint density at radius 2 is 1.93 bits per heavy atom. The molecular formula is C17H30N3O7P. The van der Waals surface area contributed by atoms with Gasteiger partial charge >= 0.3 is 13.5 Å². The van der Waals surface area contributed by atoms with E-state index in [-0.39, 0.29) is 24.7 Å². The van der Waals surface area contributed by atoms with Crippen molar-refractivity contribution >= 4 is 7.82 Å². The predicted molar refractivity (Wildman–Crippen MR) is 103 cm³/mol. The molecule has 0 aliphatic carbocycles. The SMILES string of the molecule is CCCCCCCCc1cn([C@H]2C[C@@H]3OP(=O)(O)OC[C@H]3O2)c(=O)[nH]c1=O.N. The molecule has 160 valence electrons. The van der Waals surface area contributed by atoms with Gasteiger partial charge in [0.1, 0.15) is 18.4 Å². The number of unbranched alkanes of at least 4 members (excludes halogenated alkanes) is 5. The maximum absolute atomic E-state index is 12.2. The van der Waals surface area contributed by atoms with Crippen LogP contribution in [0, 0.1) is 0 Å². The summed E-state index contributed by atoms with van der Waals surface area (Å²) in [4.78, 5) is 36.1. The van der Waals surface area contributed by atoms with Gasteiger partial charge in [0.25, 0.3) is 5.56 Å². The van der Waals surface area contributed by atoms with Crippen molar-refractivity contribution in [3.8, 4) is 0 Å². The molecule has 11 heteroatoms. The average molecular weight is 419 g/mol. The quantitative estimate of drug-likeness (QED) is 0.428. The second-order valence-corrected chi connectivity index (χ2v) is 8.52. The van der Waals surface area contributed by atoms with Gasteiger partial charge in [0.2, 0.25) is 0 Å². The third kappa shape index (κ3) is 5.62. The molecule has 2 aliphatic heterocycles. The van der Waals surface area contributed by atoms with Crippen LogP contribution in [0.15, 0.2) is 15.8 Å². The van der Waals surface area contributed by atoms with Crippen molar-refractivity contribution in [2.24, 2.45) is 0 Å². The molecule has 0 bridgehead atoms. The van der Waals surface area contributed by atoms with E-state index in [1.54, 1.807) is 0 Å². The molecule has 2 saturated heterocycles. The molecule has 5 N–H and O–H groups in total. The second-order valence-electron chi connectivity index (χ2n) is 7.11. The topological polar surface area (TPSA) is 155 Å². The molecule has 0 radical (unpaired) electrons. The minimum Gasteiger partial charge on any atom is -0.349 e. The highest BCUT2D eigenvalue weighted by Gasteiger charge is 2.46. The first kappa shape index (κ1) is 23.0. The summed E-state index contributed by atoms with van der Waals surface area (Å²) >= 11 is 0. The Morgan fingerprint density at radius 3 is 2.68 bits per heavy atom. The molecule has 4 atom stereocenters. The zero-order valence-corrected chi connectivity index (χ0v) is 17.1. The smallest absolute Gasteiger partial charge is 0.349 e. The average Bonchev–Trinajstić information content (AvgIpc) is 3.01. The number of aryl methyl sites for hydroxylation is 1. The number of nitrogens with one attached hydrogen (secondary N) is 1. The molecule has 0 spiro atoms. The van der Waals surface area contributed by atoms with E-state index in [1.807, 2.05) is 0 Å². The Morgan fingerprint density at radius 1 is 1.21 bits per heavy atom. The molecule has 10 nitrogen and oxygen atoms in total. The van der Waals surface area contributed by atoms with Gasteiger partial charge in [0.05, 0.1) is 6.61 Å².